The fourth-order valence-corrected chi connectivity index (χ4v) is 2.65. The molecule has 0 aromatic heterocycles. The highest BCUT2D eigenvalue weighted by atomic mass is 15.3. The number of hydrogen-bond acceptors (Lipinski definition) is 3. The average molecular weight is 329 g/mol. The van der Waals surface area contributed by atoms with Gasteiger partial charge in [-0.2, -0.15) is 5.10 Å². The molecule has 0 aliphatic rings. The Kier molecular flexibility index (Phi) is 5.83. The fraction of sp³-hybridized carbons (Fsp3) is 0.136. The van der Waals surface area contributed by atoms with Crippen LogP contribution >= 0.6 is 0 Å². The van der Waals surface area contributed by atoms with E-state index < -0.39 is 0 Å². The lowest BCUT2D eigenvalue weighted by Crippen LogP contribution is -2.21. The second-order valence-corrected chi connectivity index (χ2v) is 5.83. The van der Waals surface area contributed by atoms with Crippen molar-refractivity contribution in [3.63, 3.8) is 0 Å². The summed E-state index contributed by atoms with van der Waals surface area (Å²) in [7, 11) is 0. The van der Waals surface area contributed by atoms with Gasteiger partial charge in [-0.15, -0.1) is 0 Å². The summed E-state index contributed by atoms with van der Waals surface area (Å²) in [5, 5.41) is 4.29. The van der Waals surface area contributed by atoms with Crippen LogP contribution in [0.5, 0.6) is 0 Å². The molecule has 3 aromatic carbocycles. The minimum atomic E-state index is 0.917. The molecule has 3 aromatic rings. The van der Waals surface area contributed by atoms with Gasteiger partial charge in [0, 0.05) is 18.8 Å². The molecule has 0 unspecified atom stereocenters. The maximum Gasteiger partial charge on any atom is 0.0561 e. The molecular weight excluding hydrogens is 306 g/mol. The molecule has 0 amide bonds. The molecule has 0 aliphatic carbocycles. The first kappa shape index (κ1) is 16.8. The summed E-state index contributed by atoms with van der Waals surface area (Å²) in [5.41, 5.74) is 7.63. The van der Waals surface area contributed by atoms with Gasteiger partial charge in [-0.05, 0) is 42.3 Å². The van der Waals surface area contributed by atoms with Crippen LogP contribution in [0.15, 0.2) is 90.0 Å². The van der Waals surface area contributed by atoms with Crippen molar-refractivity contribution in [2.75, 3.05) is 16.9 Å². The molecule has 126 valence electrons. The van der Waals surface area contributed by atoms with E-state index in [0.717, 1.165) is 24.3 Å². The Bertz CT molecular complexity index is 781. The van der Waals surface area contributed by atoms with Gasteiger partial charge in [0.25, 0.3) is 0 Å². The Morgan fingerprint density at radius 1 is 0.840 bits per heavy atom. The van der Waals surface area contributed by atoms with Gasteiger partial charge in [0.15, 0.2) is 0 Å². The number of para-hydroxylation sites is 1. The largest absolute Gasteiger partial charge is 0.367 e. The molecule has 1 N–H and O–H groups in total. The third-order valence-corrected chi connectivity index (χ3v) is 4.04. The van der Waals surface area contributed by atoms with E-state index in [0.29, 0.717) is 0 Å². The number of nitrogens with one attached hydrogen (secondary N) is 1. The summed E-state index contributed by atoms with van der Waals surface area (Å²) < 4.78 is 0. The highest BCUT2D eigenvalue weighted by Gasteiger charge is 2.04. The summed E-state index contributed by atoms with van der Waals surface area (Å²) >= 11 is 0. The van der Waals surface area contributed by atoms with Gasteiger partial charge in [0.05, 0.1) is 11.9 Å². The molecule has 0 radical (unpaired) electrons. The van der Waals surface area contributed by atoms with Crippen molar-refractivity contribution < 1.29 is 0 Å². The van der Waals surface area contributed by atoms with Crippen molar-refractivity contribution in [1.29, 1.82) is 0 Å². The van der Waals surface area contributed by atoms with E-state index >= 15 is 0 Å². The van der Waals surface area contributed by atoms with E-state index in [-0.39, 0.29) is 0 Å². The minimum Gasteiger partial charge on any atom is -0.367 e. The molecule has 3 heteroatoms. The van der Waals surface area contributed by atoms with Crippen LogP contribution in [0.3, 0.4) is 0 Å². The molecule has 3 rings (SSSR count). The van der Waals surface area contributed by atoms with Gasteiger partial charge in [-0.3, -0.25) is 5.43 Å². The summed E-state index contributed by atoms with van der Waals surface area (Å²) in [6.45, 7) is 4.07. The Hall–Kier alpha value is -3.07. The number of hydrogen-bond donors (Lipinski definition) is 1. The highest BCUT2D eigenvalue weighted by Crippen LogP contribution is 2.17. The van der Waals surface area contributed by atoms with E-state index in [1.54, 1.807) is 0 Å². The molecule has 0 atom stereocenters. The summed E-state index contributed by atoms with van der Waals surface area (Å²) in [6, 6.07) is 29.0. The molecule has 0 saturated heterocycles. The number of rotatable bonds is 7. The predicted molar refractivity (Wildman–Crippen MR) is 107 cm³/mol. The van der Waals surface area contributed by atoms with Crippen LogP contribution in [-0.2, 0) is 6.54 Å². The molecule has 25 heavy (non-hydrogen) atoms. The lowest BCUT2D eigenvalue weighted by Gasteiger charge is -2.23. The van der Waals surface area contributed by atoms with Gasteiger partial charge in [-0.25, -0.2) is 0 Å². The van der Waals surface area contributed by atoms with Gasteiger partial charge >= 0.3 is 0 Å². The second kappa shape index (κ2) is 8.69. The van der Waals surface area contributed by atoms with Gasteiger partial charge in [0.1, 0.15) is 0 Å². The van der Waals surface area contributed by atoms with Crippen LogP contribution in [0.2, 0.25) is 0 Å². The van der Waals surface area contributed by atoms with Crippen LogP contribution in [0.25, 0.3) is 0 Å². The van der Waals surface area contributed by atoms with Gasteiger partial charge in [0.2, 0.25) is 0 Å². The lowest BCUT2D eigenvalue weighted by atomic mass is 10.1. The lowest BCUT2D eigenvalue weighted by molar-refractivity contribution is 0.832. The molecule has 3 nitrogen and oxygen atoms in total. The zero-order valence-electron chi connectivity index (χ0n) is 14.5. The summed E-state index contributed by atoms with van der Waals surface area (Å²) in [5.74, 6) is 0. The highest BCUT2D eigenvalue weighted by molar-refractivity contribution is 5.81. The third kappa shape index (κ3) is 4.95. The van der Waals surface area contributed by atoms with E-state index in [1.807, 2.05) is 36.5 Å². The van der Waals surface area contributed by atoms with E-state index in [4.69, 9.17) is 0 Å². The molecule has 0 spiro atoms. The molecule has 0 heterocycles. The zero-order valence-corrected chi connectivity index (χ0v) is 14.5. The molecule has 0 fully saturated rings. The van der Waals surface area contributed by atoms with Crippen LogP contribution in [0, 0.1) is 0 Å². The number of anilines is 2. The standard InChI is InChI=1S/C22H23N3/c1-2-25(18-20-9-5-3-6-10-20)22-15-13-19(14-16-22)17-23-24-21-11-7-4-8-12-21/h3-17,24H,2,18H2,1H3. The normalized spacial score (nSPS) is 10.8. The van der Waals surface area contributed by atoms with Gasteiger partial charge in [-0.1, -0.05) is 60.7 Å². The molecule has 0 aliphatic heterocycles. The Morgan fingerprint density at radius 2 is 1.48 bits per heavy atom. The number of hydrazone groups is 1. The number of benzene rings is 3. The van der Waals surface area contributed by atoms with Crippen LogP contribution in [0.1, 0.15) is 18.1 Å². The monoisotopic (exact) mass is 329 g/mol. The Morgan fingerprint density at radius 3 is 2.12 bits per heavy atom. The van der Waals surface area contributed by atoms with Crippen molar-refractivity contribution in [2.45, 2.75) is 13.5 Å². The summed E-state index contributed by atoms with van der Waals surface area (Å²) in [4.78, 5) is 2.36. The van der Waals surface area contributed by atoms with E-state index in [1.165, 1.54) is 11.3 Å². The second-order valence-electron chi connectivity index (χ2n) is 5.83. The van der Waals surface area contributed by atoms with Crippen molar-refractivity contribution in [2.24, 2.45) is 5.10 Å². The predicted octanol–water partition coefficient (Wildman–Crippen LogP) is 5.16. The van der Waals surface area contributed by atoms with Crippen LogP contribution in [0.4, 0.5) is 11.4 Å². The third-order valence-electron chi connectivity index (χ3n) is 4.04. The first-order valence-electron chi connectivity index (χ1n) is 8.58. The van der Waals surface area contributed by atoms with E-state index in [2.05, 4.69) is 76.9 Å². The molecule has 0 bridgehead atoms. The fourth-order valence-electron chi connectivity index (χ4n) is 2.65. The SMILES string of the molecule is CCN(Cc1ccccc1)c1ccc(C=NNc2ccccc2)cc1. The van der Waals surface area contributed by atoms with Crippen molar-refractivity contribution in [1.82, 2.24) is 0 Å². The molecule has 0 saturated carbocycles. The number of nitrogens with zero attached hydrogens (tertiary/aromatic N) is 2. The molecular formula is C22H23N3. The summed E-state index contributed by atoms with van der Waals surface area (Å²) in [6.07, 6.45) is 1.84. The maximum atomic E-state index is 4.29. The maximum absolute atomic E-state index is 4.29. The smallest absolute Gasteiger partial charge is 0.0561 e. The van der Waals surface area contributed by atoms with Crippen molar-refractivity contribution in [3.05, 3.63) is 96.1 Å². The first-order chi connectivity index (χ1) is 12.3. The quantitative estimate of drug-likeness (QED) is 0.479. The van der Waals surface area contributed by atoms with Crippen molar-refractivity contribution >= 4 is 17.6 Å². The van der Waals surface area contributed by atoms with Crippen LogP contribution in [-0.4, -0.2) is 12.8 Å². The first-order valence-corrected chi connectivity index (χ1v) is 8.58. The minimum absolute atomic E-state index is 0.917. The van der Waals surface area contributed by atoms with Crippen LogP contribution < -0.4 is 10.3 Å². The Balaban J connectivity index is 1.62. The van der Waals surface area contributed by atoms with Gasteiger partial charge < -0.3 is 4.90 Å². The zero-order chi connectivity index (χ0) is 17.3. The Labute approximate surface area is 149 Å². The topological polar surface area (TPSA) is 27.6 Å². The average Bonchev–Trinajstić information content (AvgIpc) is 2.68. The van der Waals surface area contributed by atoms with E-state index in [9.17, 15) is 0 Å². The van der Waals surface area contributed by atoms with Crippen molar-refractivity contribution in [3.8, 4) is 0 Å².